The number of benzene rings is 1. The highest BCUT2D eigenvalue weighted by Gasteiger charge is 2.46. The van der Waals surface area contributed by atoms with Crippen LogP contribution in [0.3, 0.4) is 0 Å². The Kier molecular flexibility index (Phi) is 5.03. The fourth-order valence-corrected chi connectivity index (χ4v) is 4.29. The van der Waals surface area contributed by atoms with Crippen LogP contribution in [-0.4, -0.2) is 37.9 Å². The first-order chi connectivity index (χ1) is 11.2. The van der Waals surface area contributed by atoms with Crippen molar-refractivity contribution in [3.05, 3.63) is 53.9 Å². The van der Waals surface area contributed by atoms with E-state index in [4.69, 9.17) is 9.47 Å². The van der Waals surface area contributed by atoms with Gasteiger partial charge in [-0.05, 0) is 39.5 Å². The molecule has 6 nitrogen and oxygen atoms in total. The van der Waals surface area contributed by atoms with Gasteiger partial charge >= 0.3 is 5.97 Å². The van der Waals surface area contributed by atoms with Gasteiger partial charge in [0.15, 0.2) is 5.88 Å². The Balaban J connectivity index is 2.54. The number of hydrogen-bond donors (Lipinski definition) is 0. The molecule has 24 heavy (non-hydrogen) atoms. The Morgan fingerprint density at radius 2 is 1.92 bits per heavy atom. The highest BCUT2D eigenvalue weighted by molar-refractivity contribution is 7.89. The Bertz CT molecular complexity index is 780. The molecule has 1 heterocycles. The molecule has 0 radical (unpaired) electrons. The molecular weight excluding hydrogens is 330 g/mol. The number of carbonyl (C=O) groups excluding carboxylic acids is 1. The molecule has 2 rings (SSSR count). The lowest BCUT2D eigenvalue weighted by Crippen LogP contribution is -2.41. The van der Waals surface area contributed by atoms with Crippen LogP contribution in [0.25, 0.3) is 0 Å². The minimum atomic E-state index is -3.92. The number of rotatable bonds is 4. The lowest BCUT2D eigenvalue weighted by Gasteiger charge is -2.26. The normalized spacial score (nSPS) is 21.6. The second kappa shape index (κ2) is 6.68. The molecule has 1 fully saturated rings. The zero-order chi connectivity index (χ0) is 18.1. The van der Waals surface area contributed by atoms with Gasteiger partial charge in [-0.25, -0.2) is 17.5 Å². The van der Waals surface area contributed by atoms with Crippen LogP contribution in [0.2, 0.25) is 0 Å². The van der Waals surface area contributed by atoms with Crippen molar-refractivity contribution in [2.45, 2.75) is 37.8 Å². The maximum Gasteiger partial charge on any atom is 0.335 e. The van der Waals surface area contributed by atoms with Gasteiger partial charge in [-0.15, -0.1) is 0 Å². The van der Waals surface area contributed by atoms with Crippen molar-refractivity contribution >= 4 is 16.0 Å². The Labute approximate surface area is 142 Å². The lowest BCUT2D eigenvalue weighted by molar-refractivity contribution is -0.136. The molecule has 0 aliphatic carbocycles. The van der Waals surface area contributed by atoms with Crippen LogP contribution in [0.5, 0.6) is 0 Å². The van der Waals surface area contributed by atoms with Crippen LogP contribution in [0, 0.1) is 6.92 Å². The number of esters is 1. The summed E-state index contributed by atoms with van der Waals surface area (Å²) in [5, 5.41) is 0. The standard InChI is InChI=1S/C17H21NO5S/c1-6-15(17(19)22-5)16-12(3)23-13(4)18(16)24(20,21)14-9-7-11(2)8-10-14/h6-10,12,16H,4H2,1-3,5H3/b15-6+/t12-,16+/m0/s1. The number of sulfonamides is 1. The maximum absolute atomic E-state index is 13.0. The van der Waals surface area contributed by atoms with Gasteiger partial charge in [0.05, 0.1) is 17.6 Å². The largest absolute Gasteiger partial charge is 0.473 e. The van der Waals surface area contributed by atoms with Crippen LogP contribution < -0.4 is 0 Å². The lowest BCUT2D eigenvalue weighted by atomic mass is 10.0. The zero-order valence-corrected chi connectivity index (χ0v) is 15.0. The molecule has 0 saturated carbocycles. The van der Waals surface area contributed by atoms with E-state index in [9.17, 15) is 13.2 Å². The van der Waals surface area contributed by atoms with Crippen molar-refractivity contribution < 1.29 is 22.7 Å². The van der Waals surface area contributed by atoms with E-state index in [0.717, 1.165) is 9.87 Å². The average molecular weight is 351 g/mol. The van der Waals surface area contributed by atoms with Crippen LogP contribution in [0.1, 0.15) is 19.4 Å². The molecule has 0 bridgehead atoms. The fourth-order valence-electron chi connectivity index (χ4n) is 2.69. The topological polar surface area (TPSA) is 72.9 Å². The van der Waals surface area contributed by atoms with E-state index >= 15 is 0 Å². The van der Waals surface area contributed by atoms with Gasteiger partial charge in [-0.2, -0.15) is 0 Å². The van der Waals surface area contributed by atoms with Gasteiger partial charge in [0.1, 0.15) is 12.1 Å². The van der Waals surface area contributed by atoms with E-state index in [1.54, 1.807) is 26.0 Å². The monoisotopic (exact) mass is 351 g/mol. The number of aryl methyl sites for hydroxylation is 1. The van der Waals surface area contributed by atoms with E-state index in [1.807, 2.05) is 6.92 Å². The number of hydrogen-bond acceptors (Lipinski definition) is 5. The molecule has 1 saturated heterocycles. The number of carbonyl (C=O) groups is 1. The second-order valence-electron chi connectivity index (χ2n) is 5.51. The smallest absolute Gasteiger partial charge is 0.335 e. The molecule has 130 valence electrons. The van der Waals surface area contributed by atoms with Gasteiger partial charge in [-0.3, -0.25) is 0 Å². The van der Waals surface area contributed by atoms with Crippen molar-refractivity contribution in [1.29, 1.82) is 0 Å². The Hall–Kier alpha value is -2.28. The summed E-state index contributed by atoms with van der Waals surface area (Å²) in [6.07, 6.45) is 0.968. The third-order valence-electron chi connectivity index (χ3n) is 3.89. The molecule has 0 aromatic heterocycles. The number of methoxy groups -OCH3 is 1. The molecule has 0 unspecified atom stereocenters. The third kappa shape index (κ3) is 3.03. The van der Waals surface area contributed by atoms with Crippen LogP contribution >= 0.6 is 0 Å². The predicted molar refractivity (Wildman–Crippen MR) is 89.5 cm³/mol. The van der Waals surface area contributed by atoms with E-state index in [0.29, 0.717) is 0 Å². The van der Waals surface area contributed by atoms with Gasteiger partial charge in [0.2, 0.25) is 0 Å². The quantitative estimate of drug-likeness (QED) is 0.615. The summed E-state index contributed by atoms with van der Waals surface area (Å²) in [4.78, 5) is 12.1. The van der Waals surface area contributed by atoms with Gasteiger partial charge < -0.3 is 9.47 Å². The first kappa shape index (κ1) is 18.1. The minimum absolute atomic E-state index is 0.0173. The van der Waals surface area contributed by atoms with E-state index < -0.39 is 28.1 Å². The first-order valence-corrected chi connectivity index (χ1v) is 8.89. The minimum Gasteiger partial charge on any atom is -0.473 e. The number of ether oxygens (including phenoxy) is 2. The van der Waals surface area contributed by atoms with Crippen molar-refractivity contribution in [1.82, 2.24) is 4.31 Å². The SMILES string of the molecule is C=C1O[C@@H](C)[C@H](/C(=C\C)C(=O)OC)N1S(=O)(=O)c1ccc(C)cc1. The van der Waals surface area contributed by atoms with Crippen LogP contribution in [0.4, 0.5) is 0 Å². The molecule has 2 atom stereocenters. The van der Waals surface area contributed by atoms with E-state index in [-0.39, 0.29) is 16.4 Å². The summed E-state index contributed by atoms with van der Waals surface area (Å²) in [7, 11) is -2.67. The van der Waals surface area contributed by atoms with E-state index in [1.165, 1.54) is 25.3 Å². The molecule has 0 amide bonds. The molecule has 1 aromatic rings. The second-order valence-corrected chi connectivity index (χ2v) is 7.33. The van der Waals surface area contributed by atoms with Crippen LogP contribution in [-0.2, 0) is 24.3 Å². The molecule has 1 aromatic carbocycles. The summed E-state index contributed by atoms with van der Waals surface area (Å²) in [5.74, 6) is -0.618. The highest BCUT2D eigenvalue weighted by Crippen LogP contribution is 2.35. The molecule has 1 aliphatic rings. The summed E-state index contributed by atoms with van der Waals surface area (Å²) in [5.41, 5.74) is 1.15. The Morgan fingerprint density at radius 3 is 2.42 bits per heavy atom. The van der Waals surface area contributed by atoms with Gasteiger partial charge in [0, 0.05) is 0 Å². The van der Waals surface area contributed by atoms with Gasteiger partial charge in [0.25, 0.3) is 10.0 Å². The zero-order valence-electron chi connectivity index (χ0n) is 14.1. The number of nitrogens with zero attached hydrogens (tertiary/aromatic N) is 1. The summed E-state index contributed by atoms with van der Waals surface area (Å²) >= 11 is 0. The summed E-state index contributed by atoms with van der Waals surface area (Å²) in [6.45, 7) is 8.90. The average Bonchev–Trinajstić information content (AvgIpc) is 2.83. The van der Waals surface area contributed by atoms with Crippen molar-refractivity contribution in [2.75, 3.05) is 7.11 Å². The molecule has 1 aliphatic heterocycles. The van der Waals surface area contributed by atoms with Crippen LogP contribution in [0.15, 0.2) is 53.3 Å². The van der Waals surface area contributed by atoms with Crippen molar-refractivity contribution in [3.63, 3.8) is 0 Å². The molecule has 7 heteroatoms. The predicted octanol–water partition coefficient (Wildman–Crippen LogP) is 2.36. The fraction of sp³-hybridized carbons (Fsp3) is 0.353. The summed E-state index contributed by atoms with van der Waals surface area (Å²) < 4.78 is 37.4. The maximum atomic E-state index is 13.0. The van der Waals surface area contributed by atoms with Crippen molar-refractivity contribution in [3.8, 4) is 0 Å². The van der Waals surface area contributed by atoms with Crippen molar-refractivity contribution in [2.24, 2.45) is 0 Å². The molecule has 0 N–H and O–H groups in total. The Morgan fingerprint density at radius 1 is 1.33 bits per heavy atom. The number of allylic oxidation sites excluding steroid dienone is 1. The van der Waals surface area contributed by atoms with Gasteiger partial charge in [-0.1, -0.05) is 23.8 Å². The van der Waals surface area contributed by atoms with E-state index in [2.05, 4.69) is 6.58 Å². The summed E-state index contributed by atoms with van der Waals surface area (Å²) in [6, 6.07) is 5.63. The third-order valence-corrected chi connectivity index (χ3v) is 5.71. The highest BCUT2D eigenvalue weighted by atomic mass is 32.2. The molecule has 0 spiro atoms. The first-order valence-electron chi connectivity index (χ1n) is 7.45. The molecular formula is C17H21NO5S.